The van der Waals surface area contributed by atoms with Gasteiger partial charge in [0.05, 0.1) is 6.04 Å². The summed E-state index contributed by atoms with van der Waals surface area (Å²) in [4.78, 5) is 13.9. The molecule has 0 aromatic carbocycles. The van der Waals surface area contributed by atoms with Crippen LogP contribution < -0.4 is 5.32 Å². The van der Waals surface area contributed by atoms with Crippen LogP contribution in [0.25, 0.3) is 0 Å². The molecule has 0 aromatic heterocycles. The summed E-state index contributed by atoms with van der Waals surface area (Å²) in [5.41, 5.74) is 0. The Labute approximate surface area is 104 Å². The van der Waals surface area contributed by atoms with Crippen LogP contribution in [-0.4, -0.2) is 35.5 Å². The molecule has 2 rings (SSSR count). The Morgan fingerprint density at radius 2 is 2.41 bits per heavy atom. The lowest BCUT2D eigenvalue weighted by atomic mass is 9.98. The van der Waals surface area contributed by atoms with Crippen molar-refractivity contribution >= 4 is 5.91 Å². The van der Waals surface area contributed by atoms with Crippen LogP contribution in [0.15, 0.2) is 0 Å². The minimum atomic E-state index is 0.125. The first kappa shape index (κ1) is 12.4. The van der Waals surface area contributed by atoms with Gasteiger partial charge in [0.25, 0.3) is 0 Å². The molecule has 17 heavy (non-hydrogen) atoms. The second-order valence-electron chi connectivity index (χ2n) is 5.14. The van der Waals surface area contributed by atoms with E-state index in [9.17, 15) is 4.79 Å². The van der Waals surface area contributed by atoms with E-state index in [0.717, 1.165) is 32.2 Å². The maximum Gasteiger partial charge on any atom is 0.224 e. The van der Waals surface area contributed by atoms with Crippen LogP contribution in [0.1, 0.15) is 45.4 Å². The summed E-state index contributed by atoms with van der Waals surface area (Å²) in [6, 6.07) is 0.791. The van der Waals surface area contributed by atoms with Crippen molar-refractivity contribution in [2.75, 3.05) is 6.54 Å². The average molecular weight is 234 g/mol. The van der Waals surface area contributed by atoms with E-state index in [4.69, 9.17) is 6.42 Å². The van der Waals surface area contributed by atoms with Crippen LogP contribution in [0.5, 0.6) is 0 Å². The van der Waals surface area contributed by atoms with E-state index in [1.54, 1.807) is 0 Å². The maximum absolute atomic E-state index is 11.9. The smallest absolute Gasteiger partial charge is 0.224 e. The molecule has 1 amide bonds. The Bertz CT molecular complexity index is 321. The second kappa shape index (κ2) is 5.55. The molecule has 0 radical (unpaired) electrons. The van der Waals surface area contributed by atoms with Crippen LogP contribution in [0.4, 0.5) is 0 Å². The summed E-state index contributed by atoms with van der Waals surface area (Å²) in [7, 11) is 0. The van der Waals surface area contributed by atoms with Crippen molar-refractivity contribution in [2.45, 2.75) is 63.6 Å². The zero-order chi connectivity index (χ0) is 12.3. The Hall–Kier alpha value is -1.01. The first-order valence-corrected chi connectivity index (χ1v) is 6.78. The summed E-state index contributed by atoms with van der Waals surface area (Å²) in [6.07, 6.45) is 11.8. The van der Waals surface area contributed by atoms with Crippen LogP contribution in [0.3, 0.4) is 0 Å². The summed E-state index contributed by atoms with van der Waals surface area (Å²) in [5.74, 6) is 3.10. The van der Waals surface area contributed by atoms with E-state index in [0.29, 0.717) is 18.4 Å². The molecule has 3 atom stereocenters. The molecular formula is C14H22N2O. The first-order valence-electron chi connectivity index (χ1n) is 6.78. The summed E-state index contributed by atoms with van der Waals surface area (Å²) >= 11 is 0. The number of amides is 1. The summed E-state index contributed by atoms with van der Waals surface area (Å²) < 4.78 is 0. The fourth-order valence-corrected chi connectivity index (χ4v) is 3.06. The van der Waals surface area contributed by atoms with Gasteiger partial charge >= 0.3 is 0 Å². The fourth-order valence-electron chi connectivity index (χ4n) is 3.06. The number of terminal acetylenes is 1. The van der Waals surface area contributed by atoms with Crippen molar-refractivity contribution in [3.63, 3.8) is 0 Å². The van der Waals surface area contributed by atoms with Gasteiger partial charge in [0.15, 0.2) is 0 Å². The third-order valence-electron chi connectivity index (χ3n) is 3.92. The minimum absolute atomic E-state index is 0.125. The monoisotopic (exact) mass is 234 g/mol. The van der Waals surface area contributed by atoms with E-state index < -0.39 is 0 Å². The highest BCUT2D eigenvalue weighted by atomic mass is 16.2. The predicted molar refractivity (Wildman–Crippen MR) is 68.4 cm³/mol. The quantitative estimate of drug-likeness (QED) is 0.748. The summed E-state index contributed by atoms with van der Waals surface area (Å²) in [5, 5.41) is 3.50. The molecule has 3 nitrogen and oxygen atoms in total. The highest BCUT2D eigenvalue weighted by Gasteiger charge is 2.40. The number of hydrogen-bond donors (Lipinski definition) is 1. The van der Waals surface area contributed by atoms with Gasteiger partial charge < -0.3 is 4.90 Å². The molecule has 0 aromatic rings. The van der Waals surface area contributed by atoms with E-state index in [-0.39, 0.29) is 12.1 Å². The number of carbonyl (C=O) groups is 1. The molecule has 2 aliphatic heterocycles. The zero-order valence-corrected chi connectivity index (χ0v) is 10.6. The third kappa shape index (κ3) is 2.63. The second-order valence-corrected chi connectivity index (χ2v) is 5.14. The van der Waals surface area contributed by atoms with E-state index in [1.807, 2.05) is 0 Å². The Kier molecular flexibility index (Phi) is 4.06. The molecule has 3 unspecified atom stereocenters. The Morgan fingerprint density at radius 1 is 1.59 bits per heavy atom. The SMILES string of the molecule is C#CC(CCC)NC1CC(=O)N2CCCCC12. The standard InChI is InChI=1S/C14H22N2O/c1-3-7-11(4-2)15-12-10-14(17)16-9-6-5-8-13(12)16/h2,11-13,15H,3,5-10H2,1H3. The Morgan fingerprint density at radius 3 is 3.12 bits per heavy atom. The molecule has 2 heterocycles. The number of piperidine rings is 1. The third-order valence-corrected chi connectivity index (χ3v) is 3.92. The van der Waals surface area contributed by atoms with Gasteiger partial charge in [-0.15, -0.1) is 6.42 Å². The number of rotatable bonds is 4. The Balaban J connectivity index is 1.97. The molecular weight excluding hydrogens is 212 g/mol. The van der Waals surface area contributed by atoms with Crippen LogP contribution in [-0.2, 0) is 4.79 Å². The van der Waals surface area contributed by atoms with Crippen molar-refractivity contribution in [3.05, 3.63) is 0 Å². The topological polar surface area (TPSA) is 32.3 Å². The van der Waals surface area contributed by atoms with Gasteiger partial charge in [-0.2, -0.15) is 0 Å². The van der Waals surface area contributed by atoms with Gasteiger partial charge in [-0.25, -0.2) is 0 Å². The van der Waals surface area contributed by atoms with Gasteiger partial charge in [-0.3, -0.25) is 10.1 Å². The maximum atomic E-state index is 11.9. The molecule has 1 N–H and O–H groups in total. The zero-order valence-electron chi connectivity index (χ0n) is 10.6. The van der Waals surface area contributed by atoms with Gasteiger partial charge in [0.2, 0.25) is 5.91 Å². The first-order chi connectivity index (χ1) is 8.26. The van der Waals surface area contributed by atoms with Crippen molar-refractivity contribution in [3.8, 4) is 12.3 Å². The molecule has 0 aliphatic carbocycles. The van der Waals surface area contributed by atoms with Crippen LogP contribution in [0.2, 0.25) is 0 Å². The number of carbonyl (C=O) groups excluding carboxylic acids is 1. The van der Waals surface area contributed by atoms with Crippen molar-refractivity contribution in [1.82, 2.24) is 10.2 Å². The molecule has 0 bridgehead atoms. The van der Waals surface area contributed by atoms with Crippen LogP contribution in [0, 0.1) is 12.3 Å². The lowest BCUT2D eigenvalue weighted by molar-refractivity contribution is -0.129. The molecule has 0 saturated carbocycles. The van der Waals surface area contributed by atoms with Crippen molar-refractivity contribution in [1.29, 1.82) is 0 Å². The number of fused-ring (bicyclic) bond motifs is 1. The highest BCUT2D eigenvalue weighted by molar-refractivity contribution is 5.80. The molecule has 0 spiro atoms. The van der Waals surface area contributed by atoms with Crippen molar-refractivity contribution < 1.29 is 4.79 Å². The predicted octanol–water partition coefficient (Wildman–Crippen LogP) is 1.53. The van der Waals surface area contributed by atoms with E-state index in [2.05, 4.69) is 23.1 Å². The highest BCUT2D eigenvalue weighted by Crippen LogP contribution is 2.28. The minimum Gasteiger partial charge on any atom is -0.338 e. The van der Waals surface area contributed by atoms with E-state index in [1.165, 1.54) is 6.42 Å². The van der Waals surface area contributed by atoms with Gasteiger partial charge in [-0.05, 0) is 25.7 Å². The van der Waals surface area contributed by atoms with Gasteiger partial charge in [0, 0.05) is 25.0 Å². The lowest BCUT2D eigenvalue weighted by Gasteiger charge is -2.33. The molecule has 3 heteroatoms. The lowest BCUT2D eigenvalue weighted by Crippen LogP contribution is -2.48. The number of nitrogens with zero attached hydrogens (tertiary/aromatic N) is 1. The van der Waals surface area contributed by atoms with Crippen LogP contribution >= 0.6 is 0 Å². The molecule has 94 valence electrons. The summed E-state index contributed by atoms with van der Waals surface area (Å²) in [6.45, 7) is 3.08. The van der Waals surface area contributed by atoms with Crippen molar-refractivity contribution in [2.24, 2.45) is 0 Å². The van der Waals surface area contributed by atoms with Gasteiger partial charge in [-0.1, -0.05) is 19.3 Å². The molecule has 2 aliphatic rings. The fraction of sp³-hybridized carbons (Fsp3) is 0.786. The molecule has 2 fully saturated rings. The molecule has 2 saturated heterocycles. The van der Waals surface area contributed by atoms with Gasteiger partial charge in [0.1, 0.15) is 0 Å². The number of nitrogens with one attached hydrogen (secondary N) is 1. The average Bonchev–Trinajstić information content (AvgIpc) is 2.66. The number of hydrogen-bond acceptors (Lipinski definition) is 2. The largest absolute Gasteiger partial charge is 0.338 e. The normalized spacial score (nSPS) is 29.9. The van der Waals surface area contributed by atoms with E-state index >= 15 is 0 Å².